The second-order valence-electron chi connectivity index (χ2n) is 8.75. The van der Waals surface area contributed by atoms with Crippen molar-refractivity contribution in [3.63, 3.8) is 0 Å². The van der Waals surface area contributed by atoms with Crippen molar-refractivity contribution in [3.8, 4) is 0 Å². The zero-order valence-corrected chi connectivity index (χ0v) is 20.2. The summed E-state index contributed by atoms with van der Waals surface area (Å²) >= 11 is 11.6. The van der Waals surface area contributed by atoms with Gasteiger partial charge < -0.3 is 10.2 Å². The van der Waals surface area contributed by atoms with Crippen LogP contribution in [-0.2, 0) is 15.3 Å². The van der Waals surface area contributed by atoms with E-state index in [4.69, 9.17) is 23.2 Å². The number of alkyl halides is 3. The Morgan fingerprint density at radius 3 is 2.29 bits per heavy atom. The van der Waals surface area contributed by atoms with Gasteiger partial charge in [-0.15, -0.1) is 0 Å². The average molecular weight is 539 g/mol. The number of nitrogens with zero attached hydrogens (tertiary/aromatic N) is 1. The van der Waals surface area contributed by atoms with Crippen LogP contribution in [0, 0.1) is 12.7 Å². The van der Waals surface area contributed by atoms with Crippen LogP contribution in [0.5, 0.6) is 0 Å². The van der Waals surface area contributed by atoms with Gasteiger partial charge in [0.25, 0.3) is 5.91 Å². The first-order valence-electron chi connectivity index (χ1n) is 10.3. The lowest BCUT2D eigenvalue weighted by Crippen LogP contribution is -2.53. The SMILES string of the molecule is Cc1cc(N2CCC(c3cc(Cl)c(F)c(Cl)c3)(C(F)(F)F)C2)ccc1C(=O)NC1CS(=O)(=O)C1. The molecule has 184 valence electrons. The van der Waals surface area contributed by atoms with Gasteiger partial charge in [0.1, 0.15) is 5.41 Å². The summed E-state index contributed by atoms with van der Waals surface area (Å²) in [4.78, 5) is 14.0. The fraction of sp³-hybridized carbons (Fsp3) is 0.409. The van der Waals surface area contributed by atoms with E-state index in [9.17, 15) is 30.8 Å². The van der Waals surface area contributed by atoms with Crippen LogP contribution in [0.3, 0.4) is 0 Å². The summed E-state index contributed by atoms with van der Waals surface area (Å²) in [6.45, 7) is 1.29. The highest BCUT2D eigenvalue weighted by atomic mass is 35.5. The van der Waals surface area contributed by atoms with Crippen LogP contribution in [0.25, 0.3) is 0 Å². The molecule has 0 aliphatic carbocycles. The molecule has 1 unspecified atom stereocenters. The number of aryl methyl sites for hydroxylation is 1. The maximum atomic E-state index is 14.3. The number of amides is 1. The molecule has 2 aliphatic rings. The van der Waals surface area contributed by atoms with E-state index >= 15 is 0 Å². The number of carbonyl (C=O) groups excluding carboxylic acids is 1. The molecule has 1 N–H and O–H groups in total. The third-order valence-electron chi connectivity index (χ3n) is 6.41. The molecule has 0 saturated carbocycles. The molecule has 4 rings (SSSR count). The van der Waals surface area contributed by atoms with Crippen molar-refractivity contribution >= 4 is 44.6 Å². The Balaban J connectivity index is 1.58. The van der Waals surface area contributed by atoms with E-state index in [-0.39, 0.29) is 30.0 Å². The van der Waals surface area contributed by atoms with Gasteiger partial charge in [0, 0.05) is 24.3 Å². The summed E-state index contributed by atoms with van der Waals surface area (Å²) in [7, 11) is -3.09. The Morgan fingerprint density at radius 1 is 1.15 bits per heavy atom. The number of anilines is 1. The quantitative estimate of drug-likeness (QED) is 0.453. The first-order valence-corrected chi connectivity index (χ1v) is 12.9. The van der Waals surface area contributed by atoms with Gasteiger partial charge in [-0.05, 0) is 54.8 Å². The standard InChI is InChI=1S/C22H20Cl2F4N2O3S/c1-12-6-15(2-3-16(12)20(31)29-14-9-34(32,33)10-14)30-5-4-21(11-30,22(26,27)28)13-7-17(23)19(25)18(24)8-13/h2-3,6-8,14H,4-5,9-11H2,1H3,(H,29,31). The maximum Gasteiger partial charge on any atom is 0.400 e. The van der Waals surface area contributed by atoms with Crippen molar-refractivity contribution in [1.29, 1.82) is 0 Å². The average Bonchev–Trinajstić information content (AvgIpc) is 3.17. The Hall–Kier alpha value is -2.04. The maximum absolute atomic E-state index is 14.3. The number of benzene rings is 2. The number of nitrogens with one attached hydrogen (secondary N) is 1. The van der Waals surface area contributed by atoms with Crippen LogP contribution >= 0.6 is 23.2 Å². The second-order valence-corrected chi connectivity index (χ2v) is 11.7. The monoisotopic (exact) mass is 538 g/mol. The van der Waals surface area contributed by atoms with Gasteiger partial charge >= 0.3 is 6.18 Å². The Kier molecular flexibility index (Phi) is 6.31. The topological polar surface area (TPSA) is 66.5 Å². The minimum Gasteiger partial charge on any atom is -0.370 e. The molecule has 2 fully saturated rings. The highest BCUT2D eigenvalue weighted by molar-refractivity contribution is 7.92. The van der Waals surface area contributed by atoms with Crippen LogP contribution in [0.4, 0.5) is 23.2 Å². The van der Waals surface area contributed by atoms with Crippen LogP contribution in [0.1, 0.15) is 27.9 Å². The molecule has 2 aromatic rings. The van der Waals surface area contributed by atoms with Crippen molar-refractivity contribution in [2.24, 2.45) is 0 Å². The van der Waals surface area contributed by atoms with Crippen LogP contribution in [0.15, 0.2) is 30.3 Å². The predicted molar refractivity (Wildman–Crippen MR) is 122 cm³/mol. The van der Waals surface area contributed by atoms with Crippen molar-refractivity contribution in [2.75, 3.05) is 29.5 Å². The smallest absolute Gasteiger partial charge is 0.370 e. The third-order valence-corrected chi connectivity index (χ3v) is 8.78. The molecule has 2 saturated heterocycles. The third kappa shape index (κ3) is 4.47. The summed E-state index contributed by atoms with van der Waals surface area (Å²) in [5.41, 5.74) is -1.16. The number of carbonyl (C=O) groups is 1. The first kappa shape index (κ1) is 25.1. The van der Waals surface area contributed by atoms with E-state index in [1.165, 1.54) is 6.07 Å². The largest absolute Gasteiger partial charge is 0.400 e. The molecule has 1 amide bonds. The molecule has 2 aromatic carbocycles. The summed E-state index contributed by atoms with van der Waals surface area (Å²) < 4.78 is 79.4. The zero-order valence-electron chi connectivity index (χ0n) is 17.8. The molecule has 0 spiro atoms. The Labute approximate surface area is 203 Å². The minimum absolute atomic E-state index is 0.0665. The number of hydrogen-bond donors (Lipinski definition) is 1. The van der Waals surface area contributed by atoms with Gasteiger partial charge in [-0.1, -0.05) is 23.2 Å². The minimum atomic E-state index is -4.65. The highest BCUT2D eigenvalue weighted by Crippen LogP contribution is 2.50. The number of sulfone groups is 1. The molecule has 2 aliphatic heterocycles. The molecular weight excluding hydrogens is 519 g/mol. The molecule has 5 nitrogen and oxygen atoms in total. The fourth-order valence-corrected chi connectivity index (χ4v) is 6.28. The van der Waals surface area contributed by atoms with E-state index in [1.54, 1.807) is 24.0 Å². The van der Waals surface area contributed by atoms with Gasteiger partial charge in [-0.2, -0.15) is 13.2 Å². The van der Waals surface area contributed by atoms with Crippen LogP contribution < -0.4 is 10.2 Å². The summed E-state index contributed by atoms with van der Waals surface area (Å²) in [5, 5.41) is 1.70. The Bertz CT molecular complexity index is 1230. The highest BCUT2D eigenvalue weighted by Gasteiger charge is 2.59. The molecule has 34 heavy (non-hydrogen) atoms. The number of hydrogen-bond acceptors (Lipinski definition) is 4. The molecule has 0 radical (unpaired) electrons. The van der Waals surface area contributed by atoms with Gasteiger partial charge in [0.2, 0.25) is 0 Å². The van der Waals surface area contributed by atoms with Crippen molar-refractivity contribution in [3.05, 3.63) is 62.9 Å². The number of halogens is 6. The summed E-state index contributed by atoms with van der Waals surface area (Å²) in [6.07, 6.45) is -4.93. The lowest BCUT2D eigenvalue weighted by atomic mass is 9.79. The van der Waals surface area contributed by atoms with Gasteiger partial charge in [0.05, 0.1) is 27.6 Å². The zero-order chi connectivity index (χ0) is 25.1. The lowest BCUT2D eigenvalue weighted by molar-refractivity contribution is -0.184. The van der Waals surface area contributed by atoms with Crippen molar-refractivity contribution in [2.45, 2.75) is 31.0 Å². The van der Waals surface area contributed by atoms with Crippen LogP contribution in [-0.4, -0.2) is 51.1 Å². The van der Waals surface area contributed by atoms with E-state index in [0.29, 0.717) is 16.8 Å². The molecule has 1 atom stereocenters. The summed E-state index contributed by atoms with van der Waals surface area (Å²) in [6, 6.07) is 6.17. The molecular formula is C22H20Cl2F4N2O3S. The van der Waals surface area contributed by atoms with E-state index in [1.807, 2.05) is 0 Å². The number of rotatable bonds is 4. The van der Waals surface area contributed by atoms with Gasteiger partial charge in [-0.3, -0.25) is 4.79 Å². The van der Waals surface area contributed by atoms with Crippen molar-refractivity contribution in [1.82, 2.24) is 5.32 Å². The molecule has 0 bridgehead atoms. The first-order chi connectivity index (χ1) is 15.7. The lowest BCUT2D eigenvalue weighted by Gasteiger charge is -2.33. The normalized spacial score (nSPS) is 22.5. The van der Waals surface area contributed by atoms with E-state index in [0.717, 1.165) is 12.1 Å². The van der Waals surface area contributed by atoms with Gasteiger partial charge in [0.15, 0.2) is 15.7 Å². The molecule has 12 heteroatoms. The predicted octanol–water partition coefficient (Wildman–Crippen LogP) is 4.68. The Morgan fingerprint density at radius 2 is 1.76 bits per heavy atom. The van der Waals surface area contributed by atoms with E-state index in [2.05, 4.69) is 5.32 Å². The second kappa shape index (κ2) is 8.57. The fourth-order valence-electron chi connectivity index (χ4n) is 4.50. The van der Waals surface area contributed by atoms with Crippen LogP contribution in [0.2, 0.25) is 10.0 Å². The summed E-state index contributed by atoms with van der Waals surface area (Å²) in [5.74, 6) is -1.63. The van der Waals surface area contributed by atoms with Gasteiger partial charge in [-0.25, -0.2) is 12.8 Å². The van der Waals surface area contributed by atoms with Crippen molar-refractivity contribution < 1.29 is 30.8 Å². The van der Waals surface area contributed by atoms with E-state index < -0.39 is 55.8 Å². The molecule has 0 aromatic heterocycles. The molecule has 2 heterocycles.